The number of aromatic nitrogens is 1. The molecular formula is C20H17FN2. The van der Waals surface area contributed by atoms with Gasteiger partial charge in [-0.1, -0.05) is 43.0 Å². The lowest BCUT2D eigenvalue weighted by atomic mass is 9.97. The number of pyridine rings is 1. The van der Waals surface area contributed by atoms with E-state index in [1.807, 2.05) is 43.5 Å². The summed E-state index contributed by atoms with van der Waals surface area (Å²) in [6.07, 6.45) is 3.53. The average Bonchev–Trinajstić information content (AvgIpc) is 2.61. The van der Waals surface area contributed by atoms with Crippen LogP contribution in [0.1, 0.15) is 5.56 Å². The van der Waals surface area contributed by atoms with E-state index in [1.165, 1.54) is 12.1 Å². The molecule has 0 fully saturated rings. The van der Waals surface area contributed by atoms with Crippen molar-refractivity contribution < 1.29 is 4.39 Å². The molecule has 23 heavy (non-hydrogen) atoms. The third kappa shape index (κ3) is 2.99. The minimum atomic E-state index is -0.267. The molecule has 0 bridgehead atoms. The minimum Gasteiger partial charge on any atom is -0.388 e. The molecule has 114 valence electrons. The van der Waals surface area contributed by atoms with Crippen molar-refractivity contribution in [2.45, 2.75) is 0 Å². The molecule has 3 aromatic rings. The number of hydrogen-bond acceptors (Lipinski definition) is 2. The van der Waals surface area contributed by atoms with Gasteiger partial charge in [0.05, 0.1) is 5.69 Å². The highest BCUT2D eigenvalue weighted by atomic mass is 19.1. The largest absolute Gasteiger partial charge is 0.388 e. The highest BCUT2D eigenvalue weighted by molar-refractivity contribution is 5.83. The van der Waals surface area contributed by atoms with Crippen molar-refractivity contribution in [2.75, 3.05) is 12.4 Å². The Morgan fingerprint density at radius 2 is 1.91 bits per heavy atom. The number of benzene rings is 2. The van der Waals surface area contributed by atoms with Crippen LogP contribution in [0.4, 0.5) is 10.1 Å². The van der Waals surface area contributed by atoms with Crippen LogP contribution in [0.2, 0.25) is 0 Å². The maximum Gasteiger partial charge on any atom is 0.123 e. The molecule has 0 saturated carbocycles. The second kappa shape index (κ2) is 6.44. The fourth-order valence-electron chi connectivity index (χ4n) is 2.62. The van der Waals surface area contributed by atoms with Gasteiger partial charge in [0.1, 0.15) is 5.82 Å². The van der Waals surface area contributed by atoms with Crippen LogP contribution in [0.3, 0.4) is 0 Å². The molecule has 0 aliphatic heterocycles. The maximum atomic E-state index is 13.6. The highest BCUT2D eigenvalue weighted by Crippen LogP contribution is 2.33. The van der Waals surface area contributed by atoms with Crippen LogP contribution in [0, 0.1) is 5.82 Å². The lowest BCUT2D eigenvalue weighted by molar-refractivity contribution is 0.628. The SMILES string of the molecule is C=Cc1ccc(-c2cccnc2-c2cccc(F)c2)cc1NC. The van der Waals surface area contributed by atoms with Crippen LogP contribution >= 0.6 is 0 Å². The lowest BCUT2D eigenvalue weighted by Gasteiger charge is -2.12. The van der Waals surface area contributed by atoms with Gasteiger partial charge in [0, 0.05) is 30.1 Å². The molecule has 1 N–H and O–H groups in total. The highest BCUT2D eigenvalue weighted by Gasteiger charge is 2.10. The summed E-state index contributed by atoms with van der Waals surface area (Å²) in [4.78, 5) is 4.46. The lowest BCUT2D eigenvalue weighted by Crippen LogP contribution is -1.94. The molecule has 0 unspecified atom stereocenters. The molecule has 0 aliphatic carbocycles. The van der Waals surface area contributed by atoms with E-state index in [9.17, 15) is 4.39 Å². The summed E-state index contributed by atoms with van der Waals surface area (Å²) in [6, 6.07) is 16.5. The van der Waals surface area contributed by atoms with Crippen molar-refractivity contribution in [2.24, 2.45) is 0 Å². The van der Waals surface area contributed by atoms with E-state index in [2.05, 4.69) is 22.9 Å². The standard InChI is InChI=1S/C20H17FN2/c1-3-14-9-10-15(13-19(14)22-2)18-8-5-11-23-20(18)16-6-4-7-17(21)12-16/h3-13,22H,1H2,2H3. The third-order valence-corrected chi connectivity index (χ3v) is 3.76. The van der Waals surface area contributed by atoms with Crippen molar-refractivity contribution in [3.63, 3.8) is 0 Å². The zero-order valence-electron chi connectivity index (χ0n) is 12.9. The molecule has 3 heteroatoms. The Bertz CT molecular complexity index is 856. The molecule has 0 amide bonds. The van der Waals surface area contributed by atoms with Gasteiger partial charge in [0.2, 0.25) is 0 Å². The summed E-state index contributed by atoms with van der Waals surface area (Å²) in [5.41, 5.74) is 5.54. The predicted octanol–water partition coefficient (Wildman–Crippen LogP) is 5.24. The molecule has 1 aromatic heterocycles. The Morgan fingerprint density at radius 3 is 2.65 bits per heavy atom. The summed E-state index contributed by atoms with van der Waals surface area (Å²) in [5, 5.41) is 3.17. The quantitative estimate of drug-likeness (QED) is 0.713. The van der Waals surface area contributed by atoms with E-state index in [1.54, 1.807) is 12.3 Å². The second-order valence-corrected chi connectivity index (χ2v) is 5.17. The average molecular weight is 304 g/mol. The Kier molecular flexibility index (Phi) is 4.20. The van der Waals surface area contributed by atoms with E-state index < -0.39 is 0 Å². The molecule has 0 radical (unpaired) electrons. The topological polar surface area (TPSA) is 24.9 Å². The molecule has 0 saturated heterocycles. The fourth-order valence-corrected chi connectivity index (χ4v) is 2.62. The van der Waals surface area contributed by atoms with Gasteiger partial charge in [0.25, 0.3) is 0 Å². The van der Waals surface area contributed by atoms with Gasteiger partial charge < -0.3 is 5.32 Å². The van der Waals surface area contributed by atoms with Crippen molar-refractivity contribution >= 4 is 11.8 Å². The Morgan fingerprint density at radius 1 is 1.04 bits per heavy atom. The van der Waals surface area contributed by atoms with E-state index in [0.29, 0.717) is 0 Å². The molecule has 0 aliphatic rings. The van der Waals surface area contributed by atoms with Crippen LogP contribution in [0.5, 0.6) is 0 Å². The van der Waals surface area contributed by atoms with Crippen molar-refractivity contribution in [1.29, 1.82) is 0 Å². The van der Waals surface area contributed by atoms with Crippen molar-refractivity contribution in [3.05, 3.63) is 78.8 Å². The van der Waals surface area contributed by atoms with Gasteiger partial charge in [-0.3, -0.25) is 4.98 Å². The first-order valence-electron chi connectivity index (χ1n) is 7.38. The summed E-state index contributed by atoms with van der Waals surface area (Å²) >= 11 is 0. The van der Waals surface area contributed by atoms with E-state index in [4.69, 9.17) is 0 Å². The predicted molar refractivity (Wildman–Crippen MR) is 94.7 cm³/mol. The van der Waals surface area contributed by atoms with Gasteiger partial charge >= 0.3 is 0 Å². The van der Waals surface area contributed by atoms with Crippen molar-refractivity contribution in [1.82, 2.24) is 4.98 Å². The Balaban J connectivity index is 2.16. The van der Waals surface area contributed by atoms with E-state index in [-0.39, 0.29) is 5.82 Å². The zero-order valence-corrected chi connectivity index (χ0v) is 12.9. The van der Waals surface area contributed by atoms with Gasteiger partial charge in [0.15, 0.2) is 0 Å². The number of halogens is 1. The number of nitrogens with zero attached hydrogens (tertiary/aromatic N) is 1. The molecule has 2 nitrogen and oxygen atoms in total. The Labute approximate surface area is 135 Å². The van der Waals surface area contributed by atoms with Crippen LogP contribution in [0.15, 0.2) is 67.4 Å². The van der Waals surface area contributed by atoms with E-state index in [0.717, 1.165) is 33.6 Å². The smallest absolute Gasteiger partial charge is 0.123 e. The normalized spacial score (nSPS) is 10.3. The minimum absolute atomic E-state index is 0.267. The monoisotopic (exact) mass is 304 g/mol. The van der Waals surface area contributed by atoms with Crippen molar-refractivity contribution in [3.8, 4) is 22.4 Å². The Hall–Kier alpha value is -2.94. The molecule has 1 heterocycles. The van der Waals surface area contributed by atoms with Gasteiger partial charge in [-0.15, -0.1) is 0 Å². The summed E-state index contributed by atoms with van der Waals surface area (Å²) in [6.45, 7) is 3.82. The van der Waals surface area contributed by atoms with Crippen LogP contribution in [-0.2, 0) is 0 Å². The van der Waals surface area contributed by atoms with Crippen LogP contribution in [-0.4, -0.2) is 12.0 Å². The molecule has 0 spiro atoms. The van der Waals surface area contributed by atoms with Crippen LogP contribution < -0.4 is 5.32 Å². The first kappa shape index (κ1) is 15.0. The molecule has 3 rings (SSSR count). The second-order valence-electron chi connectivity index (χ2n) is 5.17. The van der Waals surface area contributed by atoms with Gasteiger partial charge in [-0.25, -0.2) is 4.39 Å². The number of anilines is 1. The number of rotatable bonds is 4. The summed E-state index contributed by atoms with van der Waals surface area (Å²) in [5.74, 6) is -0.267. The first-order valence-corrected chi connectivity index (χ1v) is 7.38. The van der Waals surface area contributed by atoms with Gasteiger partial charge in [-0.05, 0) is 35.4 Å². The van der Waals surface area contributed by atoms with E-state index >= 15 is 0 Å². The molecule has 2 aromatic carbocycles. The van der Waals surface area contributed by atoms with Crippen LogP contribution in [0.25, 0.3) is 28.5 Å². The zero-order chi connectivity index (χ0) is 16.2. The number of hydrogen-bond donors (Lipinski definition) is 1. The summed E-state index contributed by atoms with van der Waals surface area (Å²) in [7, 11) is 1.88. The fraction of sp³-hybridized carbons (Fsp3) is 0.0500. The molecular weight excluding hydrogens is 287 g/mol. The maximum absolute atomic E-state index is 13.6. The first-order chi connectivity index (χ1) is 11.2. The van der Waals surface area contributed by atoms with Gasteiger partial charge in [-0.2, -0.15) is 0 Å². The third-order valence-electron chi connectivity index (χ3n) is 3.76. The summed E-state index contributed by atoms with van der Waals surface area (Å²) < 4.78 is 13.6. The number of nitrogens with one attached hydrogen (secondary N) is 1. The molecule has 0 atom stereocenters.